The van der Waals surface area contributed by atoms with Crippen LogP contribution in [0.25, 0.3) is 5.69 Å². The van der Waals surface area contributed by atoms with E-state index in [2.05, 4.69) is 21.0 Å². The summed E-state index contributed by atoms with van der Waals surface area (Å²) in [5.41, 5.74) is -0.0123. The van der Waals surface area contributed by atoms with Gasteiger partial charge in [-0.25, -0.2) is 4.79 Å². The van der Waals surface area contributed by atoms with Crippen LogP contribution in [0.3, 0.4) is 0 Å². The summed E-state index contributed by atoms with van der Waals surface area (Å²) in [7, 11) is 0. The molecule has 1 aromatic heterocycles. The molecule has 11 heteroatoms. The van der Waals surface area contributed by atoms with Gasteiger partial charge in [0.1, 0.15) is 18.6 Å². The molecule has 0 spiro atoms. The number of aliphatic hydroxyl groups excluding tert-OH is 1. The van der Waals surface area contributed by atoms with Crippen molar-refractivity contribution in [2.75, 3.05) is 13.1 Å². The van der Waals surface area contributed by atoms with E-state index in [1.165, 1.54) is 16.7 Å². The van der Waals surface area contributed by atoms with Gasteiger partial charge in [-0.3, -0.25) is 14.2 Å². The van der Waals surface area contributed by atoms with Gasteiger partial charge in [-0.15, -0.1) is 0 Å². The summed E-state index contributed by atoms with van der Waals surface area (Å²) in [6.07, 6.45) is 5.14. The van der Waals surface area contributed by atoms with Gasteiger partial charge < -0.3 is 21.1 Å². The monoisotopic (exact) mass is 490 g/mol. The highest BCUT2D eigenvalue weighted by Crippen LogP contribution is 2.25. The van der Waals surface area contributed by atoms with E-state index in [0.29, 0.717) is 24.6 Å². The fraction of sp³-hybridized carbons (Fsp3) is 0.565. The van der Waals surface area contributed by atoms with E-state index < -0.39 is 17.8 Å². The fourth-order valence-corrected chi connectivity index (χ4v) is 4.63. The molecule has 184 valence electrons. The number of aliphatic hydroxyl groups is 1. The Morgan fingerprint density at radius 1 is 1.24 bits per heavy atom. The molecule has 1 aromatic carbocycles. The van der Waals surface area contributed by atoms with Gasteiger partial charge in [0.05, 0.1) is 22.3 Å². The molecule has 2 aliphatic rings. The van der Waals surface area contributed by atoms with Gasteiger partial charge in [-0.2, -0.15) is 9.78 Å². The van der Waals surface area contributed by atoms with Gasteiger partial charge in [0, 0.05) is 19.0 Å². The summed E-state index contributed by atoms with van der Waals surface area (Å²) < 4.78 is 2.42. The molecular weight excluding hydrogens is 460 g/mol. The van der Waals surface area contributed by atoms with Crippen molar-refractivity contribution in [2.24, 2.45) is 5.92 Å². The number of hydrogen-bond donors (Lipinski definition) is 4. The Morgan fingerprint density at radius 3 is 2.59 bits per heavy atom. The molecule has 4 rings (SSSR count). The van der Waals surface area contributed by atoms with Crippen molar-refractivity contribution < 1.29 is 14.7 Å². The molecule has 0 bridgehead atoms. The SMILES string of the molecule is Cc1nn(-c2ccc(Cl)c(C(=O)NC(O)C3CCCCCC3)c2)c(=O)n1CC(=O)NC1CNC1. The number of aromatic nitrogens is 3. The maximum atomic E-state index is 13.0. The molecule has 2 aromatic rings. The fourth-order valence-electron chi connectivity index (χ4n) is 4.43. The molecule has 1 aliphatic heterocycles. The van der Waals surface area contributed by atoms with Crippen molar-refractivity contribution >= 4 is 23.4 Å². The van der Waals surface area contributed by atoms with Crippen molar-refractivity contribution in [3.05, 3.63) is 45.1 Å². The highest BCUT2D eigenvalue weighted by molar-refractivity contribution is 6.33. The van der Waals surface area contributed by atoms with Crippen LogP contribution in [0.1, 0.15) is 54.7 Å². The van der Waals surface area contributed by atoms with Crippen LogP contribution < -0.4 is 21.6 Å². The second-order valence-electron chi connectivity index (χ2n) is 9.08. The van der Waals surface area contributed by atoms with Crippen LogP contribution in [0.15, 0.2) is 23.0 Å². The molecule has 1 saturated heterocycles. The van der Waals surface area contributed by atoms with E-state index in [1.807, 2.05) is 0 Å². The summed E-state index contributed by atoms with van der Waals surface area (Å²) in [5.74, 6) is -0.394. The predicted octanol–water partition coefficient (Wildman–Crippen LogP) is 1.10. The van der Waals surface area contributed by atoms with Crippen LogP contribution >= 0.6 is 11.6 Å². The summed E-state index contributed by atoms with van der Waals surface area (Å²) in [6.45, 7) is 2.92. The zero-order valence-electron chi connectivity index (χ0n) is 19.2. The molecule has 2 amide bonds. The smallest absolute Gasteiger partial charge is 0.351 e. The summed E-state index contributed by atoms with van der Waals surface area (Å²) in [6, 6.07) is 4.64. The van der Waals surface area contributed by atoms with Gasteiger partial charge in [0.25, 0.3) is 5.91 Å². The van der Waals surface area contributed by atoms with Crippen molar-refractivity contribution in [1.82, 2.24) is 30.3 Å². The van der Waals surface area contributed by atoms with E-state index in [-0.39, 0.29) is 35.0 Å². The molecule has 1 aliphatic carbocycles. The highest BCUT2D eigenvalue weighted by atomic mass is 35.5. The van der Waals surface area contributed by atoms with Crippen LogP contribution in [0.5, 0.6) is 0 Å². The maximum Gasteiger partial charge on any atom is 0.351 e. The summed E-state index contributed by atoms with van der Waals surface area (Å²) >= 11 is 6.27. The largest absolute Gasteiger partial charge is 0.373 e. The molecule has 1 atom stereocenters. The molecule has 1 saturated carbocycles. The van der Waals surface area contributed by atoms with Crippen LogP contribution in [-0.2, 0) is 11.3 Å². The van der Waals surface area contributed by atoms with Crippen molar-refractivity contribution in [2.45, 2.75) is 64.3 Å². The Kier molecular flexibility index (Phi) is 7.70. The average molecular weight is 491 g/mol. The maximum absolute atomic E-state index is 13.0. The Labute approximate surface area is 202 Å². The number of nitrogens with zero attached hydrogens (tertiary/aromatic N) is 3. The Balaban J connectivity index is 1.50. The number of benzene rings is 1. The zero-order chi connectivity index (χ0) is 24.2. The van der Waals surface area contributed by atoms with E-state index >= 15 is 0 Å². The topological polar surface area (TPSA) is 130 Å². The molecule has 34 heavy (non-hydrogen) atoms. The number of halogens is 1. The van der Waals surface area contributed by atoms with Gasteiger partial charge in [-0.05, 0) is 38.0 Å². The van der Waals surface area contributed by atoms with Crippen LogP contribution in [0.4, 0.5) is 0 Å². The normalized spacial score (nSPS) is 18.1. The molecule has 2 fully saturated rings. The number of aryl methyl sites for hydroxylation is 1. The van der Waals surface area contributed by atoms with Gasteiger partial charge in [-0.1, -0.05) is 37.3 Å². The number of amides is 2. The van der Waals surface area contributed by atoms with Crippen molar-refractivity contribution in [3.63, 3.8) is 0 Å². The average Bonchev–Trinajstić information content (AvgIpc) is 2.97. The lowest BCUT2D eigenvalue weighted by Crippen LogP contribution is -2.57. The molecular formula is C23H31ClN6O4. The van der Waals surface area contributed by atoms with E-state index in [1.54, 1.807) is 13.0 Å². The van der Waals surface area contributed by atoms with Gasteiger partial charge >= 0.3 is 5.69 Å². The summed E-state index contributed by atoms with van der Waals surface area (Å²) in [5, 5.41) is 23.6. The number of carbonyl (C=O) groups excluding carboxylic acids is 2. The third-order valence-electron chi connectivity index (χ3n) is 6.56. The van der Waals surface area contributed by atoms with E-state index in [0.717, 1.165) is 43.2 Å². The number of rotatable bonds is 7. The first-order valence-corrected chi connectivity index (χ1v) is 12.2. The quantitative estimate of drug-likeness (QED) is 0.339. The first-order chi connectivity index (χ1) is 16.3. The number of nitrogens with one attached hydrogen (secondary N) is 3. The van der Waals surface area contributed by atoms with Crippen LogP contribution in [0.2, 0.25) is 5.02 Å². The Bertz CT molecular complexity index is 1100. The minimum absolute atomic E-state index is 0.0104. The van der Waals surface area contributed by atoms with E-state index in [4.69, 9.17) is 11.6 Å². The molecule has 1 unspecified atom stereocenters. The zero-order valence-corrected chi connectivity index (χ0v) is 20.0. The lowest BCUT2D eigenvalue weighted by atomic mass is 9.98. The van der Waals surface area contributed by atoms with Gasteiger partial charge in [0.2, 0.25) is 5.91 Å². The molecule has 2 heterocycles. The van der Waals surface area contributed by atoms with Crippen LogP contribution in [0, 0.1) is 12.8 Å². The number of hydrogen-bond acceptors (Lipinski definition) is 6. The Hall–Kier alpha value is -2.69. The minimum Gasteiger partial charge on any atom is -0.373 e. The van der Waals surface area contributed by atoms with Gasteiger partial charge in [0.15, 0.2) is 0 Å². The standard InChI is InChI=1S/C23H31ClN6O4/c1-14-28-30(23(34)29(14)13-20(31)26-16-11-25-12-16)17-8-9-19(24)18(10-17)22(33)27-21(32)15-6-4-2-3-5-7-15/h8-10,15-16,21,25,32H,2-7,11-13H2,1H3,(H,26,31)(H,27,33). The van der Waals surface area contributed by atoms with Crippen LogP contribution in [-0.4, -0.2) is 56.6 Å². The molecule has 10 nitrogen and oxygen atoms in total. The third kappa shape index (κ3) is 5.51. The van der Waals surface area contributed by atoms with E-state index in [9.17, 15) is 19.5 Å². The second kappa shape index (κ2) is 10.7. The molecule has 4 N–H and O–H groups in total. The van der Waals surface area contributed by atoms with Crippen molar-refractivity contribution in [1.29, 1.82) is 0 Å². The minimum atomic E-state index is -0.959. The molecule has 0 radical (unpaired) electrons. The third-order valence-corrected chi connectivity index (χ3v) is 6.89. The lowest BCUT2D eigenvalue weighted by Gasteiger charge is -2.27. The first-order valence-electron chi connectivity index (χ1n) is 11.8. The second-order valence-corrected chi connectivity index (χ2v) is 9.49. The predicted molar refractivity (Wildman–Crippen MR) is 127 cm³/mol. The lowest BCUT2D eigenvalue weighted by molar-refractivity contribution is -0.122. The first kappa shape index (κ1) is 24.4. The van der Waals surface area contributed by atoms with Crippen molar-refractivity contribution in [3.8, 4) is 5.69 Å². The summed E-state index contributed by atoms with van der Waals surface area (Å²) in [4.78, 5) is 38.2. The number of carbonyl (C=O) groups is 2. The Morgan fingerprint density at radius 2 is 1.94 bits per heavy atom. The highest BCUT2D eigenvalue weighted by Gasteiger charge is 2.25.